The lowest BCUT2D eigenvalue weighted by molar-refractivity contribution is -0.0980. The highest BCUT2D eigenvalue weighted by atomic mass is 16.4. The predicted molar refractivity (Wildman–Crippen MR) is 84.3 cm³/mol. The third-order valence-corrected chi connectivity index (χ3v) is 2.62. The van der Waals surface area contributed by atoms with Gasteiger partial charge in [0.1, 0.15) is 23.9 Å². The quantitative estimate of drug-likeness (QED) is 0.809. The van der Waals surface area contributed by atoms with Gasteiger partial charge in [0.15, 0.2) is 0 Å². The minimum atomic E-state index is -1.07. The van der Waals surface area contributed by atoms with E-state index in [2.05, 4.69) is 0 Å². The number of rotatable bonds is 3. The Balaban J connectivity index is 0.000000412. The number of aromatic carboxylic acids is 1. The molecule has 118 valence electrons. The van der Waals surface area contributed by atoms with Gasteiger partial charge in [-0.25, -0.2) is 4.79 Å². The van der Waals surface area contributed by atoms with Crippen molar-refractivity contribution in [3.05, 3.63) is 59.7 Å². The molecule has 22 heavy (non-hydrogen) atoms. The van der Waals surface area contributed by atoms with Crippen LogP contribution in [-0.4, -0.2) is 28.1 Å². The molecular formula is C17H20O5. The molecule has 0 radical (unpaired) electrons. The Morgan fingerprint density at radius 3 is 2.00 bits per heavy atom. The second kappa shape index (κ2) is 10.9. The van der Waals surface area contributed by atoms with Gasteiger partial charge in [-0.2, -0.15) is 0 Å². The molecule has 0 saturated heterocycles. The van der Waals surface area contributed by atoms with Crippen molar-refractivity contribution in [2.75, 3.05) is 0 Å². The molecule has 0 fully saturated rings. The monoisotopic (exact) mass is 304 g/mol. The summed E-state index contributed by atoms with van der Waals surface area (Å²) in [7, 11) is 0. The van der Waals surface area contributed by atoms with E-state index in [0.717, 1.165) is 6.42 Å². The lowest BCUT2D eigenvalue weighted by atomic mass is 10.0. The normalized spacial score (nSPS) is 8.77. The summed E-state index contributed by atoms with van der Waals surface area (Å²) in [6.07, 6.45) is 1.54. The van der Waals surface area contributed by atoms with Crippen LogP contribution in [0.25, 0.3) is 0 Å². The molecular weight excluding hydrogens is 284 g/mol. The van der Waals surface area contributed by atoms with Crippen LogP contribution in [0.15, 0.2) is 48.5 Å². The molecule has 0 saturated carbocycles. The van der Waals surface area contributed by atoms with Gasteiger partial charge in [-0.05, 0) is 30.2 Å². The Kier molecular flexibility index (Phi) is 9.51. The fourth-order valence-electron chi connectivity index (χ4n) is 1.74. The molecule has 2 aromatic carbocycles. The number of hydrogen-bond donors (Lipinski definition) is 3. The fourth-order valence-corrected chi connectivity index (χ4v) is 1.74. The molecule has 0 heterocycles. The first kappa shape index (κ1) is 19.2. The van der Waals surface area contributed by atoms with Crippen LogP contribution in [0.1, 0.15) is 29.3 Å². The van der Waals surface area contributed by atoms with E-state index in [1.54, 1.807) is 36.4 Å². The van der Waals surface area contributed by atoms with Crippen LogP contribution < -0.4 is 0 Å². The van der Waals surface area contributed by atoms with Crippen LogP contribution in [0, 0.1) is 0 Å². The summed E-state index contributed by atoms with van der Waals surface area (Å²) >= 11 is 0. The Labute approximate surface area is 129 Å². The minimum Gasteiger partial charge on any atom is -0.508 e. The first-order chi connectivity index (χ1) is 10.6. The lowest BCUT2D eigenvalue weighted by Gasteiger charge is -2.05. The van der Waals surface area contributed by atoms with E-state index in [1.807, 2.05) is 19.8 Å². The molecule has 0 aliphatic rings. The van der Waals surface area contributed by atoms with Crippen molar-refractivity contribution in [2.24, 2.45) is 0 Å². The number of hydrogen-bond acceptors (Lipinski definition) is 4. The van der Waals surface area contributed by atoms with Crippen LogP contribution in [0.4, 0.5) is 0 Å². The van der Waals surface area contributed by atoms with Gasteiger partial charge in [0.25, 0.3) is 0 Å². The highest BCUT2D eigenvalue weighted by Crippen LogP contribution is 2.21. The van der Waals surface area contributed by atoms with Crippen molar-refractivity contribution >= 4 is 12.8 Å². The van der Waals surface area contributed by atoms with Crippen LogP contribution >= 0.6 is 0 Å². The second-order valence-corrected chi connectivity index (χ2v) is 4.20. The minimum absolute atomic E-state index is 0.0318. The van der Waals surface area contributed by atoms with Gasteiger partial charge in [0, 0.05) is 0 Å². The largest absolute Gasteiger partial charge is 0.508 e. The first-order valence-electron chi connectivity index (χ1n) is 6.63. The zero-order chi connectivity index (χ0) is 17.0. The van der Waals surface area contributed by atoms with Crippen molar-refractivity contribution in [3.63, 3.8) is 0 Å². The highest BCUT2D eigenvalue weighted by molar-refractivity contribution is 5.92. The molecule has 0 aliphatic heterocycles. The standard InChI is InChI=1S/C10H12O3.C6H6O.CH2O/c1-2-4-7-5-3-6-8(11)9(7)10(12)13;7-6-4-2-1-3-5-6;1-2/h3,5-6,11H,2,4H2,1H3,(H,12,13);1-5,7H;1H2. The number of carboxylic acid groups (broad SMARTS) is 1. The summed E-state index contributed by atoms with van der Waals surface area (Å²) in [6, 6.07) is 13.5. The van der Waals surface area contributed by atoms with E-state index in [-0.39, 0.29) is 11.3 Å². The van der Waals surface area contributed by atoms with Crippen molar-refractivity contribution in [2.45, 2.75) is 19.8 Å². The molecule has 0 spiro atoms. The van der Waals surface area contributed by atoms with E-state index >= 15 is 0 Å². The zero-order valence-corrected chi connectivity index (χ0v) is 12.4. The number of para-hydroxylation sites is 1. The highest BCUT2D eigenvalue weighted by Gasteiger charge is 2.13. The van der Waals surface area contributed by atoms with Crippen molar-refractivity contribution in [1.82, 2.24) is 0 Å². The summed E-state index contributed by atoms with van der Waals surface area (Å²) in [4.78, 5) is 18.8. The average molecular weight is 304 g/mol. The Morgan fingerprint density at radius 1 is 1.00 bits per heavy atom. The number of benzene rings is 2. The van der Waals surface area contributed by atoms with Gasteiger partial charge in [-0.1, -0.05) is 43.7 Å². The summed E-state index contributed by atoms with van der Waals surface area (Å²) < 4.78 is 0. The first-order valence-corrected chi connectivity index (χ1v) is 6.63. The van der Waals surface area contributed by atoms with Gasteiger partial charge in [0.05, 0.1) is 0 Å². The third kappa shape index (κ3) is 6.56. The molecule has 2 aromatic rings. The number of carbonyl (C=O) groups is 2. The van der Waals surface area contributed by atoms with Crippen molar-refractivity contribution in [1.29, 1.82) is 0 Å². The molecule has 0 amide bonds. The van der Waals surface area contributed by atoms with Crippen LogP contribution in [-0.2, 0) is 11.2 Å². The molecule has 5 nitrogen and oxygen atoms in total. The Hall–Kier alpha value is -2.82. The van der Waals surface area contributed by atoms with Crippen LogP contribution in [0.2, 0.25) is 0 Å². The third-order valence-electron chi connectivity index (χ3n) is 2.62. The number of aryl methyl sites for hydroxylation is 1. The smallest absolute Gasteiger partial charge is 0.339 e. The van der Waals surface area contributed by atoms with Gasteiger partial charge >= 0.3 is 5.97 Å². The number of carbonyl (C=O) groups excluding carboxylic acids is 1. The van der Waals surface area contributed by atoms with Crippen LogP contribution in [0.3, 0.4) is 0 Å². The van der Waals surface area contributed by atoms with E-state index in [9.17, 15) is 9.90 Å². The topological polar surface area (TPSA) is 94.8 Å². The number of carboxylic acids is 1. The summed E-state index contributed by atoms with van der Waals surface area (Å²) in [5.74, 6) is -0.900. The summed E-state index contributed by atoms with van der Waals surface area (Å²) in [5.41, 5.74) is 0.722. The number of aromatic hydroxyl groups is 2. The van der Waals surface area contributed by atoms with Gasteiger partial charge in [-0.15, -0.1) is 0 Å². The molecule has 0 aliphatic carbocycles. The Morgan fingerprint density at radius 2 is 1.59 bits per heavy atom. The van der Waals surface area contributed by atoms with Crippen LogP contribution in [0.5, 0.6) is 11.5 Å². The SMILES string of the molecule is C=O.CCCc1cccc(O)c1C(=O)O.Oc1ccccc1. The van der Waals surface area contributed by atoms with E-state index in [1.165, 1.54) is 6.07 Å². The second-order valence-electron chi connectivity index (χ2n) is 4.20. The maximum absolute atomic E-state index is 10.8. The number of phenols is 2. The van der Waals surface area contributed by atoms with E-state index in [4.69, 9.17) is 15.0 Å². The Bertz CT molecular complexity index is 567. The summed E-state index contributed by atoms with van der Waals surface area (Å²) in [6.45, 7) is 3.97. The molecule has 0 unspecified atom stereocenters. The number of phenolic OH excluding ortho intramolecular Hbond substituents is 1. The zero-order valence-electron chi connectivity index (χ0n) is 12.4. The maximum Gasteiger partial charge on any atom is 0.339 e. The fraction of sp³-hybridized carbons (Fsp3) is 0.176. The molecule has 2 rings (SSSR count). The van der Waals surface area contributed by atoms with Gasteiger partial charge in [-0.3, -0.25) is 0 Å². The molecule has 5 heteroatoms. The van der Waals surface area contributed by atoms with E-state index < -0.39 is 5.97 Å². The average Bonchev–Trinajstić information content (AvgIpc) is 2.51. The van der Waals surface area contributed by atoms with Gasteiger partial charge < -0.3 is 20.1 Å². The molecule has 0 atom stereocenters. The van der Waals surface area contributed by atoms with Crippen molar-refractivity contribution in [3.8, 4) is 11.5 Å². The predicted octanol–water partition coefficient (Wildman–Crippen LogP) is 3.25. The molecule has 0 aromatic heterocycles. The summed E-state index contributed by atoms with van der Waals surface area (Å²) in [5, 5.41) is 26.8. The molecule has 0 bridgehead atoms. The van der Waals surface area contributed by atoms with Crippen molar-refractivity contribution < 1.29 is 24.9 Å². The van der Waals surface area contributed by atoms with E-state index in [0.29, 0.717) is 17.7 Å². The van der Waals surface area contributed by atoms with Gasteiger partial charge in [0.2, 0.25) is 0 Å². The molecule has 3 N–H and O–H groups in total. The maximum atomic E-state index is 10.8. The lowest BCUT2D eigenvalue weighted by Crippen LogP contribution is -2.02.